The summed E-state index contributed by atoms with van der Waals surface area (Å²) in [6.07, 6.45) is 0. The van der Waals surface area contributed by atoms with Crippen LogP contribution in [0.3, 0.4) is 0 Å². The number of amides is 1. The number of anilines is 2. The van der Waals surface area contributed by atoms with Crippen molar-refractivity contribution in [2.24, 2.45) is 0 Å². The third-order valence-corrected chi connectivity index (χ3v) is 3.56. The quantitative estimate of drug-likeness (QED) is 0.735. The minimum Gasteiger partial charge on any atom is -0.356 e. The molecule has 0 fully saturated rings. The Bertz CT molecular complexity index is 465. The maximum atomic E-state index is 12.0. The number of halogens is 1. The lowest BCUT2D eigenvalue weighted by Crippen LogP contribution is -2.51. The van der Waals surface area contributed by atoms with E-state index in [0.29, 0.717) is 6.54 Å². The predicted octanol–water partition coefficient (Wildman–Crippen LogP) is 3.03. The molecule has 3 nitrogen and oxygen atoms in total. The van der Waals surface area contributed by atoms with Gasteiger partial charge in [-0.2, -0.15) is 0 Å². The summed E-state index contributed by atoms with van der Waals surface area (Å²) in [5.74, 6) is 0.130. The summed E-state index contributed by atoms with van der Waals surface area (Å²) < 4.78 is 0.992. The zero-order valence-corrected chi connectivity index (χ0v) is 12.2. The van der Waals surface area contributed by atoms with Crippen molar-refractivity contribution in [3.63, 3.8) is 0 Å². The summed E-state index contributed by atoms with van der Waals surface area (Å²) in [6.45, 7) is 6.81. The van der Waals surface area contributed by atoms with Crippen LogP contribution in [0.1, 0.15) is 20.8 Å². The number of benzene rings is 1. The Hall–Kier alpha value is -1.03. The average molecular weight is 297 g/mol. The smallest absolute Gasteiger partial charge is 0.246 e. The lowest BCUT2D eigenvalue weighted by Gasteiger charge is -2.43. The molecule has 0 aliphatic carbocycles. The number of hydrogen-bond acceptors (Lipinski definition) is 2. The average Bonchev–Trinajstić information content (AvgIpc) is 2.22. The van der Waals surface area contributed by atoms with Gasteiger partial charge in [0.2, 0.25) is 5.91 Å². The van der Waals surface area contributed by atoms with Gasteiger partial charge in [0.25, 0.3) is 0 Å². The first-order valence-electron chi connectivity index (χ1n) is 5.64. The SMILES string of the molecule is CN1C(=O)CN(C(C)(C)C)c2ccc(Br)cc21. The fourth-order valence-electron chi connectivity index (χ4n) is 2.05. The highest BCUT2D eigenvalue weighted by Gasteiger charge is 2.32. The monoisotopic (exact) mass is 296 g/mol. The molecule has 0 bridgehead atoms. The number of likely N-dealkylation sites (N-methyl/N-ethyl adjacent to an activating group) is 1. The highest BCUT2D eigenvalue weighted by Crippen LogP contribution is 2.38. The van der Waals surface area contributed by atoms with Gasteiger partial charge in [0, 0.05) is 17.1 Å². The van der Waals surface area contributed by atoms with Gasteiger partial charge in [0.15, 0.2) is 0 Å². The van der Waals surface area contributed by atoms with Crippen molar-refractivity contribution < 1.29 is 4.79 Å². The van der Waals surface area contributed by atoms with Gasteiger partial charge in [0.1, 0.15) is 0 Å². The van der Waals surface area contributed by atoms with Crippen molar-refractivity contribution in [2.45, 2.75) is 26.3 Å². The van der Waals surface area contributed by atoms with Crippen molar-refractivity contribution in [1.82, 2.24) is 0 Å². The van der Waals surface area contributed by atoms with Gasteiger partial charge in [-0.3, -0.25) is 4.79 Å². The number of carbonyl (C=O) groups excluding carboxylic acids is 1. The molecule has 1 aliphatic rings. The molecule has 0 saturated carbocycles. The van der Waals surface area contributed by atoms with E-state index in [-0.39, 0.29) is 11.4 Å². The van der Waals surface area contributed by atoms with Gasteiger partial charge >= 0.3 is 0 Å². The summed E-state index contributed by atoms with van der Waals surface area (Å²) >= 11 is 3.45. The van der Waals surface area contributed by atoms with E-state index in [1.807, 2.05) is 19.2 Å². The number of hydrogen-bond donors (Lipinski definition) is 0. The van der Waals surface area contributed by atoms with E-state index in [1.165, 1.54) is 0 Å². The second-order valence-corrected chi connectivity index (χ2v) is 6.26. The fourth-order valence-corrected chi connectivity index (χ4v) is 2.40. The largest absolute Gasteiger partial charge is 0.356 e. The van der Waals surface area contributed by atoms with Crippen LogP contribution in [0, 0.1) is 0 Å². The molecular formula is C13H17BrN2O. The summed E-state index contributed by atoms with van der Waals surface area (Å²) in [7, 11) is 1.83. The number of carbonyl (C=O) groups is 1. The van der Waals surface area contributed by atoms with Crippen molar-refractivity contribution in [3.05, 3.63) is 22.7 Å². The zero-order valence-electron chi connectivity index (χ0n) is 10.6. The Balaban J connectivity index is 2.57. The highest BCUT2D eigenvalue weighted by atomic mass is 79.9. The summed E-state index contributed by atoms with van der Waals surface area (Å²) in [4.78, 5) is 15.9. The van der Waals surface area contributed by atoms with E-state index < -0.39 is 0 Å². The first kappa shape index (κ1) is 12.4. The fraction of sp³-hybridized carbons (Fsp3) is 0.462. The molecule has 92 valence electrons. The van der Waals surface area contributed by atoms with E-state index in [0.717, 1.165) is 15.8 Å². The molecule has 0 atom stereocenters. The van der Waals surface area contributed by atoms with Gasteiger partial charge in [0.05, 0.1) is 17.9 Å². The van der Waals surface area contributed by atoms with E-state index in [1.54, 1.807) is 4.90 Å². The van der Waals surface area contributed by atoms with Gasteiger partial charge in [-0.15, -0.1) is 0 Å². The molecule has 2 rings (SSSR count). The van der Waals surface area contributed by atoms with Gasteiger partial charge < -0.3 is 9.80 Å². The molecule has 4 heteroatoms. The van der Waals surface area contributed by atoms with Crippen LogP contribution in [0.2, 0.25) is 0 Å². The molecule has 0 saturated heterocycles. The summed E-state index contributed by atoms with van der Waals surface area (Å²) in [5.41, 5.74) is 2.02. The molecule has 0 aromatic heterocycles. The van der Waals surface area contributed by atoms with Crippen LogP contribution in [-0.2, 0) is 4.79 Å². The Labute approximate surface area is 111 Å². The normalized spacial score (nSPS) is 16.2. The third kappa shape index (κ3) is 2.18. The van der Waals surface area contributed by atoms with Crippen molar-refractivity contribution in [2.75, 3.05) is 23.4 Å². The van der Waals surface area contributed by atoms with E-state index in [9.17, 15) is 4.79 Å². The second-order valence-electron chi connectivity index (χ2n) is 5.34. The molecule has 0 radical (unpaired) electrons. The maximum Gasteiger partial charge on any atom is 0.246 e. The Morgan fingerprint density at radius 1 is 1.24 bits per heavy atom. The van der Waals surface area contributed by atoms with Gasteiger partial charge in [-0.1, -0.05) is 15.9 Å². The standard InChI is InChI=1S/C13H17BrN2O/c1-13(2,3)16-8-12(17)15(4)11-7-9(14)5-6-10(11)16/h5-7H,8H2,1-4H3. The topological polar surface area (TPSA) is 23.6 Å². The number of fused-ring (bicyclic) bond motifs is 1. The number of rotatable bonds is 0. The second kappa shape index (κ2) is 4.02. The van der Waals surface area contributed by atoms with Crippen LogP contribution in [-0.4, -0.2) is 25.0 Å². The maximum absolute atomic E-state index is 12.0. The van der Waals surface area contributed by atoms with Crippen LogP contribution < -0.4 is 9.80 Å². The van der Waals surface area contributed by atoms with Crippen LogP contribution in [0.5, 0.6) is 0 Å². The zero-order chi connectivity index (χ0) is 12.8. The van der Waals surface area contributed by atoms with Gasteiger partial charge in [-0.25, -0.2) is 0 Å². The van der Waals surface area contributed by atoms with Crippen LogP contribution in [0.4, 0.5) is 11.4 Å². The first-order chi connectivity index (χ1) is 7.80. The van der Waals surface area contributed by atoms with Crippen LogP contribution in [0.15, 0.2) is 22.7 Å². The lowest BCUT2D eigenvalue weighted by atomic mass is 10.0. The number of nitrogens with zero attached hydrogens (tertiary/aromatic N) is 2. The molecule has 1 aliphatic heterocycles. The Morgan fingerprint density at radius 3 is 2.47 bits per heavy atom. The molecule has 1 amide bonds. The van der Waals surface area contributed by atoms with Gasteiger partial charge in [-0.05, 0) is 39.0 Å². The Morgan fingerprint density at radius 2 is 1.88 bits per heavy atom. The molecule has 1 heterocycles. The molecular weight excluding hydrogens is 280 g/mol. The van der Waals surface area contributed by atoms with Crippen molar-refractivity contribution >= 4 is 33.2 Å². The summed E-state index contributed by atoms with van der Waals surface area (Å²) in [5, 5.41) is 0. The first-order valence-corrected chi connectivity index (χ1v) is 6.44. The Kier molecular flexibility index (Phi) is 2.94. The van der Waals surface area contributed by atoms with Crippen molar-refractivity contribution in [3.8, 4) is 0 Å². The molecule has 0 unspecified atom stereocenters. The minimum absolute atomic E-state index is 0.0561. The van der Waals surface area contributed by atoms with Crippen molar-refractivity contribution in [1.29, 1.82) is 0 Å². The lowest BCUT2D eigenvalue weighted by molar-refractivity contribution is -0.117. The van der Waals surface area contributed by atoms with E-state index >= 15 is 0 Å². The van der Waals surface area contributed by atoms with Crippen LogP contribution in [0.25, 0.3) is 0 Å². The summed E-state index contributed by atoms with van der Waals surface area (Å²) in [6, 6.07) is 6.07. The predicted molar refractivity (Wildman–Crippen MR) is 74.7 cm³/mol. The van der Waals surface area contributed by atoms with E-state index in [2.05, 4.69) is 47.7 Å². The van der Waals surface area contributed by atoms with Crippen LogP contribution >= 0.6 is 15.9 Å². The molecule has 0 N–H and O–H groups in total. The molecule has 1 aromatic rings. The van der Waals surface area contributed by atoms with E-state index in [4.69, 9.17) is 0 Å². The minimum atomic E-state index is -0.0561. The third-order valence-electron chi connectivity index (χ3n) is 3.07. The molecule has 1 aromatic carbocycles. The highest BCUT2D eigenvalue weighted by molar-refractivity contribution is 9.10. The molecule has 0 spiro atoms. The molecule has 17 heavy (non-hydrogen) atoms.